The Morgan fingerprint density at radius 1 is 1.28 bits per heavy atom. The molecule has 0 atom stereocenters. The van der Waals surface area contributed by atoms with Crippen molar-refractivity contribution in [3.8, 4) is 11.5 Å². The molecule has 94 valence electrons. The van der Waals surface area contributed by atoms with Crippen LogP contribution in [0.5, 0.6) is 0 Å². The number of hydrogen-bond acceptors (Lipinski definition) is 4. The molecule has 4 nitrogen and oxygen atoms in total. The topological polar surface area (TPSA) is 51.0 Å². The zero-order valence-electron chi connectivity index (χ0n) is 10.7. The van der Waals surface area contributed by atoms with Gasteiger partial charge in [-0.15, -0.1) is 0 Å². The summed E-state index contributed by atoms with van der Waals surface area (Å²) >= 11 is 0. The highest BCUT2D eigenvalue weighted by Gasteiger charge is 2.26. The van der Waals surface area contributed by atoms with Gasteiger partial charge in [0.25, 0.3) is 5.89 Å². The molecule has 3 rings (SSSR count). The minimum atomic E-state index is 0.574. The van der Waals surface area contributed by atoms with Crippen LogP contribution in [0.2, 0.25) is 0 Å². The maximum Gasteiger partial charge on any atom is 0.260 e. The number of nitrogens with zero attached hydrogens (tertiary/aromatic N) is 2. The van der Waals surface area contributed by atoms with Crippen LogP contribution in [0, 0.1) is 12.8 Å². The highest BCUT2D eigenvalue weighted by atomic mass is 16.5. The van der Waals surface area contributed by atoms with Crippen molar-refractivity contribution in [3.05, 3.63) is 30.1 Å². The molecular formula is C14H17N3O. The maximum atomic E-state index is 5.24. The third-order valence-electron chi connectivity index (χ3n) is 3.42. The monoisotopic (exact) mass is 243 g/mol. The molecule has 1 aliphatic rings. The summed E-state index contributed by atoms with van der Waals surface area (Å²) in [6, 6.07) is 8.67. The van der Waals surface area contributed by atoms with Crippen LogP contribution < -0.4 is 5.32 Å². The van der Waals surface area contributed by atoms with Crippen LogP contribution in [0.1, 0.15) is 25.6 Å². The van der Waals surface area contributed by atoms with Crippen LogP contribution in [0.4, 0.5) is 5.69 Å². The molecule has 0 amide bonds. The van der Waals surface area contributed by atoms with E-state index in [9.17, 15) is 0 Å². The third-order valence-corrected chi connectivity index (χ3v) is 3.42. The average molecular weight is 243 g/mol. The Kier molecular flexibility index (Phi) is 2.78. The molecule has 1 aromatic heterocycles. The smallest absolute Gasteiger partial charge is 0.260 e. The maximum absolute atomic E-state index is 5.24. The van der Waals surface area contributed by atoms with Crippen LogP contribution in [-0.2, 0) is 0 Å². The predicted octanol–water partition coefficient (Wildman–Crippen LogP) is 3.26. The van der Waals surface area contributed by atoms with Gasteiger partial charge in [-0.25, -0.2) is 0 Å². The lowest BCUT2D eigenvalue weighted by molar-refractivity contribution is 0.309. The second kappa shape index (κ2) is 4.44. The normalized spacial score (nSPS) is 22.6. The Morgan fingerprint density at radius 2 is 2.06 bits per heavy atom. The van der Waals surface area contributed by atoms with E-state index in [1.54, 1.807) is 0 Å². The van der Waals surface area contributed by atoms with Crippen LogP contribution in [0.15, 0.2) is 28.8 Å². The lowest BCUT2D eigenvalue weighted by Gasteiger charge is -2.34. The Hall–Kier alpha value is -1.84. The Morgan fingerprint density at radius 3 is 2.72 bits per heavy atom. The first-order chi connectivity index (χ1) is 8.72. The molecule has 1 N–H and O–H groups in total. The molecule has 2 aromatic rings. The first kappa shape index (κ1) is 11.3. The molecule has 1 aromatic carbocycles. The fraction of sp³-hybridized carbons (Fsp3) is 0.429. The van der Waals surface area contributed by atoms with E-state index in [1.807, 2.05) is 25.1 Å². The van der Waals surface area contributed by atoms with E-state index < -0.39 is 0 Å². The summed E-state index contributed by atoms with van der Waals surface area (Å²) in [5.41, 5.74) is 2.07. The SMILES string of the molecule is Cc1noc(-c2ccccc2NC2CC(C)C2)n1. The fourth-order valence-electron chi connectivity index (χ4n) is 2.44. The summed E-state index contributed by atoms with van der Waals surface area (Å²) in [6.45, 7) is 4.11. The van der Waals surface area contributed by atoms with Crippen molar-refractivity contribution in [2.45, 2.75) is 32.7 Å². The lowest BCUT2D eigenvalue weighted by atomic mass is 9.81. The number of aryl methyl sites for hydroxylation is 1. The van der Waals surface area contributed by atoms with Gasteiger partial charge in [0.2, 0.25) is 0 Å². The van der Waals surface area contributed by atoms with Crippen molar-refractivity contribution in [1.29, 1.82) is 0 Å². The van der Waals surface area contributed by atoms with Gasteiger partial charge in [0, 0.05) is 11.7 Å². The molecule has 1 saturated carbocycles. The average Bonchev–Trinajstić information content (AvgIpc) is 2.74. The molecule has 1 aliphatic carbocycles. The minimum Gasteiger partial charge on any atom is -0.382 e. The first-order valence-electron chi connectivity index (χ1n) is 6.38. The second-order valence-electron chi connectivity index (χ2n) is 5.11. The van der Waals surface area contributed by atoms with Gasteiger partial charge in [-0.3, -0.25) is 0 Å². The van der Waals surface area contributed by atoms with Crippen molar-refractivity contribution in [1.82, 2.24) is 10.1 Å². The number of benzene rings is 1. The van der Waals surface area contributed by atoms with E-state index in [2.05, 4.69) is 28.4 Å². The molecular weight excluding hydrogens is 226 g/mol. The van der Waals surface area contributed by atoms with E-state index in [0.29, 0.717) is 17.8 Å². The van der Waals surface area contributed by atoms with Gasteiger partial charge in [0.15, 0.2) is 5.82 Å². The van der Waals surface area contributed by atoms with Gasteiger partial charge in [0.1, 0.15) is 0 Å². The highest BCUT2D eigenvalue weighted by Crippen LogP contribution is 2.33. The van der Waals surface area contributed by atoms with E-state index >= 15 is 0 Å². The Bertz CT molecular complexity index is 543. The molecule has 1 heterocycles. The minimum absolute atomic E-state index is 0.574. The van der Waals surface area contributed by atoms with Crippen LogP contribution in [0.3, 0.4) is 0 Å². The zero-order chi connectivity index (χ0) is 12.5. The molecule has 18 heavy (non-hydrogen) atoms. The molecule has 0 bridgehead atoms. The first-order valence-corrected chi connectivity index (χ1v) is 6.38. The van der Waals surface area contributed by atoms with Gasteiger partial charge >= 0.3 is 0 Å². The van der Waals surface area contributed by atoms with Crippen molar-refractivity contribution in [2.24, 2.45) is 5.92 Å². The molecule has 0 unspecified atom stereocenters. The quantitative estimate of drug-likeness (QED) is 0.899. The summed E-state index contributed by atoms with van der Waals surface area (Å²) in [5.74, 6) is 2.08. The molecule has 0 aliphatic heterocycles. The van der Waals surface area contributed by atoms with Crippen molar-refractivity contribution < 1.29 is 4.52 Å². The van der Waals surface area contributed by atoms with Gasteiger partial charge in [-0.05, 0) is 37.8 Å². The van der Waals surface area contributed by atoms with E-state index in [-0.39, 0.29) is 0 Å². The molecule has 0 radical (unpaired) electrons. The predicted molar refractivity (Wildman–Crippen MR) is 70.3 cm³/mol. The summed E-state index contributed by atoms with van der Waals surface area (Å²) in [7, 11) is 0. The largest absolute Gasteiger partial charge is 0.382 e. The van der Waals surface area contributed by atoms with Crippen molar-refractivity contribution in [2.75, 3.05) is 5.32 Å². The van der Waals surface area contributed by atoms with Gasteiger partial charge in [0.05, 0.1) is 5.56 Å². The Labute approximate surface area is 106 Å². The van der Waals surface area contributed by atoms with Gasteiger partial charge < -0.3 is 9.84 Å². The van der Waals surface area contributed by atoms with Crippen molar-refractivity contribution in [3.63, 3.8) is 0 Å². The number of anilines is 1. The lowest BCUT2D eigenvalue weighted by Crippen LogP contribution is -2.33. The molecule has 1 fully saturated rings. The van der Waals surface area contributed by atoms with Crippen LogP contribution >= 0.6 is 0 Å². The Balaban J connectivity index is 1.85. The zero-order valence-corrected chi connectivity index (χ0v) is 10.7. The molecule has 0 saturated heterocycles. The van der Waals surface area contributed by atoms with E-state index in [4.69, 9.17) is 4.52 Å². The van der Waals surface area contributed by atoms with E-state index in [1.165, 1.54) is 12.8 Å². The highest BCUT2D eigenvalue weighted by molar-refractivity contribution is 5.72. The summed E-state index contributed by atoms with van der Waals surface area (Å²) in [6.07, 6.45) is 2.47. The van der Waals surface area contributed by atoms with Crippen LogP contribution in [-0.4, -0.2) is 16.2 Å². The summed E-state index contributed by atoms with van der Waals surface area (Å²) in [5, 5.41) is 7.40. The number of rotatable bonds is 3. The number of nitrogens with one attached hydrogen (secondary N) is 1. The van der Waals surface area contributed by atoms with Crippen LogP contribution in [0.25, 0.3) is 11.5 Å². The molecule has 4 heteroatoms. The van der Waals surface area contributed by atoms with E-state index in [0.717, 1.165) is 17.2 Å². The van der Waals surface area contributed by atoms with Crippen molar-refractivity contribution >= 4 is 5.69 Å². The fourth-order valence-corrected chi connectivity index (χ4v) is 2.44. The number of aromatic nitrogens is 2. The molecule has 0 spiro atoms. The number of para-hydroxylation sites is 1. The van der Waals surface area contributed by atoms with Gasteiger partial charge in [-0.2, -0.15) is 4.98 Å². The van der Waals surface area contributed by atoms with Gasteiger partial charge in [-0.1, -0.05) is 24.2 Å². The number of hydrogen-bond donors (Lipinski definition) is 1. The standard InChI is InChI=1S/C14H17N3O/c1-9-7-11(8-9)16-13-6-4-3-5-12(13)14-15-10(2)17-18-14/h3-6,9,11,16H,7-8H2,1-2H3. The second-order valence-corrected chi connectivity index (χ2v) is 5.11. The summed E-state index contributed by atoms with van der Waals surface area (Å²) in [4.78, 5) is 4.29. The third kappa shape index (κ3) is 2.10. The summed E-state index contributed by atoms with van der Waals surface area (Å²) < 4.78 is 5.24.